The molecule has 0 aliphatic rings. The van der Waals surface area contributed by atoms with E-state index in [1.807, 2.05) is 24.0 Å². The lowest BCUT2D eigenvalue weighted by Gasteiger charge is -1.95. The number of aromatic nitrogens is 2. The molecule has 0 radical (unpaired) electrons. The summed E-state index contributed by atoms with van der Waals surface area (Å²) in [5.41, 5.74) is 1.16. The van der Waals surface area contributed by atoms with Crippen molar-refractivity contribution >= 4 is 12.4 Å². The summed E-state index contributed by atoms with van der Waals surface area (Å²) in [5, 5.41) is 4.23. The van der Waals surface area contributed by atoms with Crippen LogP contribution in [0.25, 0.3) is 0 Å². The molecule has 0 aliphatic heterocycles. The Bertz CT molecular complexity index is 193. The predicted octanol–water partition coefficient (Wildman–Crippen LogP) is 1.97. The molecule has 0 atom stereocenters. The normalized spacial score (nSPS) is 9.60. The van der Waals surface area contributed by atoms with Gasteiger partial charge >= 0.3 is 0 Å². The van der Waals surface area contributed by atoms with Gasteiger partial charge in [-0.25, -0.2) is 0 Å². The zero-order valence-corrected chi connectivity index (χ0v) is 7.35. The lowest BCUT2D eigenvalue weighted by atomic mass is 10.1. The minimum Gasteiger partial charge on any atom is -0.276 e. The summed E-state index contributed by atoms with van der Waals surface area (Å²) in [7, 11) is 1.94. The van der Waals surface area contributed by atoms with Gasteiger partial charge in [-0.15, -0.1) is 12.4 Å². The van der Waals surface area contributed by atoms with Gasteiger partial charge in [0.2, 0.25) is 0 Å². The standard InChI is InChI=1S/C7H12N2.ClH/c1-6(2)7-4-5-9(3)8-7;/h4-6H,1-3H3;1H. The van der Waals surface area contributed by atoms with Gasteiger partial charge in [-0.1, -0.05) is 13.8 Å². The molecule has 0 spiro atoms. The summed E-state index contributed by atoms with van der Waals surface area (Å²) in [5.74, 6) is 0.547. The van der Waals surface area contributed by atoms with E-state index in [0.29, 0.717) is 5.92 Å². The van der Waals surface area contributed by atoms with Crippen molar-refractivity contribution in [1.29, 1.82) is 0 Å². The summed E-state index contributed by atoms with van der Waals surface area (Å²) >= 11 is 0. The molecular formula is C7H13ClN2. The van der Waals surface area contributed by atoms with Crippen molar-refractivity contribution in [2.24, 2.45) is 7.05 Å². The number of hydrogen-bond donors (Lipinski definition) is 0. The summed E-state index contributed by atoms with van der Waals surface area (Å²) in [4.78, 5) is 0. The van der Waals surface area contributed by atoms with E-state index in [4.69, 9.17) is 0 Å². The zero-order valence-electron chi connectivity index (χ0n) is 6.53. The average molecular weight is 161 g/mol. The van der Waals surface area contributed by atoms with Gasteiger partial charge < -0.3 is 0 Å². The Kier molecular flexibility index (Phi) is 3.43. The van der Waals surface area contributed by atoms with Crippen molar-refractivity contribution < 1.29 is 0 Å². The molecule has 1 aromatic rings. The molecule has 58 valence electrons. The molecule has 0 bridgehead atoms. The smallest absolute Gasteiger partial charge is 0.0649 e. The van der Waals surface area contributed by atoms with E-state index < -0.39 is 0 Å². The molecule has 0 unspecified atom stereocenters. The molecule has 10 heavy (non-hydrogen) atoms. The average Bonchev–Trinajstić information content (AvgIpc) is 2.14. The van der Waals surface area contributed by atoms with E-state index in [1.165, 1.54) is 0 Å². The van der Waals surface area contributed by atoms with E-state index in [9.17, 15) is 0 Å². The van der Waals surface area contributed by atoms with Crippen LogP contribution in [0.2, 0.25) is 0 Å². The molecule has 0 aromatic carbocycles. The minimum atomic E-state index is 0. The van der Waals surface area contributed by atoms with Crippen molar-refractivity contribution in [2.45, 2.75) is 19.8 Å². The van der Waals surface area contributed by atoms with E-state index in [2.05, 4.69) is 18.9 Å². The van der Waals surface area contributed by atoms with Crippen LogP contribution in [-0.2, 0) is 7.05 Å². The SMILES string of the molecule is CC(C)c1ccn(C)n1.Cl. The number of rotatable bonds is 1. The second-order valence-electron chi connectivity index (χ2n) is 2.57. The third-order valence-electron chi connectivity index (χ3n) is 1.33. The maximum atomic E-state index is 4.23. The maximum Gasteiger partial charge on any atom is 0.0649 e. The highest BCUT2D eigenvalue weighted by Crippen LogP contribution is 2.08. The molecule has 3 heteroatoms. The Morgan fingerprint density at radius 3 is 2.30 bits per heavy atom. The fourth-order valence-electron chi connectivity index (χ4n) is 0.741. The van der Waals surface area contributed by atoms with Crippen molar-refractivity contribution in [3.63, 3.8) is 0 Å². The topological polar surface area (TPSA) is 17.8 Å². The molecule has 1 aromatic heterocycles. The Balaban J connectivity index is 0.000000810. The summed E-state index contributed by atoms with van der Waals surface area (Å²) in [6, 6.07) is 2.05. The number of aryl methyl sites for hydroxylation is 1. The van der Waals surface area contributed by atoms with Crippen LogP contribution >= 0.6 is 12.4 Å². The molecule has 0 saturated carbocycles. The Morgan fingerprint density at radius 1 is 1.50 bits per heavy atom. The molecule has 0 amide bonds. The third kappa shape index (κ3) is 2.03. The van der Waals surface area contributed by atoms with Crippen LogP contribution in [0.5, 0.6) is 0 Å². The van der Waals surface area contributed by atoms with Gasteiger partial charge in [-0.3, -0.25) is 4.68 Å². The molecule has 0 fully saturated rings. The zero-order chi connectivity index (χ0) is 6.85. The van der Waals surface area contributed by atoms with Crippen LogP contribution in [0.3, 0.4) is 0 Å². The van der Waals surface area contributed by atoms with Crippen LogP contribution in [0.15, 0.2) is 12.3 Å². The number of hydrogen-bond acceptors (Lipinski definition) is 1. The minimum absolute atomic E-state index is 0. The Labute approximate surface area is 67.7 Å². The van der Waals surface area contributed by atoms with Gasteiger partial charge in [0.15, 0.2) is 0 Å². The second-order valence-corrected chi connectivity index (χ2v) is 2.57. The fraction of sp³-hybridized carbons (Fsp3) is 0.571. The Hall–Kier alpha value is -0.500. The molecule has 0 N–H and O–H groups in total. The second kappa shape index (κ2) is 3.62. The third-order valence-corrected chi connectivity index (χ3v) is 1.33. The first kappa shape index (κ1) is 9.50. The number of nitrogens with zero attached hydrogens (tertiary/aromatic N) is 2. The van der Waals surface area contributed by atoms with Crippen LogP contribution in [-0.4, -0.2) is 9.78 Å². The van der Waals surface area contributed by atoms with Gasteiger partial charge in [0, 0.05) is 13.2 Å². The van der Waals surface area contributed by atoms with Crippen LogP contribution in [0.4, 0.5) is 0 Å². The first-order chi connectivity index (χ1) is 4.20. The van der Waals surface area contributed by atoms with Crippen molar-refractivity contribution in [1.82, 2.24) is 9.78 Å². The highest BCUT2D eigenvalue weighted by molar-refractivity contribution is 5.85. The quantitative estimate of drug-likeness (QED) is 0.614. The van der Waals surface area contributed by atoms with Gasteiger partial charge in [-0.2, -0.15) is 5.10 Å². The van der Waals surface area contributed by atoms with Gasteiger partial charge in [0.05, 0.1) is 5.69 Å². The van der Waals surface area contributed by atoms with E-state index in [-0.39, 0.29) is 12.4 Å². The molecule has 1 heterocycles. The summed E-state index contributed by atoms with van der Waals surface area (Å²) in [6.45, 7) is 4.28. The molecular weight excluding hydrogens is 148 g/mol. The van der Waals surface area contributed by atoms with E-state index >= 15 is 0 Å². The van der Waals surface area contributed by atoms with Crippen molar-refractivity contribution in [3.8, 4) is 0 Å². The van der Waals surface area contributed by atoms with Crippen molar-refractivity contribution in [3.05, 3.63) is 18.0 Å². The molecule has 1 rings (SSSR count). The molecule has 0 aliphatic carbocycles. The van der Waals surface area contributed by atoms with Crippen molar-refractivity contribution in [2.75, 3.05) is 0 Å². The van der Waals surface area contributed by atoms with E-state index in [0.717, 1.165) is 5.69 Å². The molecule has 2 nitrogen and oxygen atoms in total. The molecule has 0 saturated heterocycles. The lowest BCUT2D eigenvalue weighted by molar-refractivity contribution is 0.713. The highest BCUT2D eigenvalue weighted by atomic mass is 35.5. The fourth-order valence-corrected chi connectivity index (χ4v) is 0.741. The van der Waals surface area contributed by atoms with Crippen LogP contribution < -0.4 is 0 Å². The lowest BCUT2D eigenvalue weighted by Crippen LogP contribution is -1.92. The predicted molar refractivity (Wildman–Crippen MR) is 44.5 cm³/mol. The van der Waals surface area contributed by atoms with E-state index in [1.54, 1.807) is 0 Å². The largest absolute Gasteiger partial charge is 0.276 e. The van der Waals surface area contributed by atoms with Crippen LogP contribution in [0.1, 0.15) is 25.5 Å². The first-order valence-electron chi connectivity index (χ1n) is 3.19. The van der Waals surface area contributed by atoms with Gasteiger partial charge in [-0.05, 0) is 12.0 Å². The summed E-state index contributed by atoms with van der Waals surface area (Å²) in [6.07, 6.45) is 1.97. The first-order valence-corrected chi connectivity index (χ1v) is 3.19. The van der Waals surface area contributed by atoms with Gasteiger partial charge in [0.1, 0.15) is 0 Å². The van der Waals surface area contributed by atoms with Crippen LogP contribution in [0, 0.1) is 0 Å². The maximum absolute atomic E-state index is 4.23. The monoisotopic (exact) mass is 160 g/mol. The number of halogens is 1. The highest BCUT2D eigenvalue weighted by Gasteiger charge is 1.99. The summed E-state index contributed by atoms with van der Waals surface area (Å²) < 4.78 is 1.83. The van der Waals surface area contributed by atoms with Gasteiger partial charge in [0.25, 0.3) is 0 Å². The Morgan fingerprint density at radius 2 is 2.10 bits per heavy atom.